The van der Waals surface area contributed by atoms with Crippen molar-refractivity contribution in [3.63, 3.8) is 0 Å². The Labute approximate surface area is 114 Å². The van der Waals surface area contributed by atoms with Crippen LogP contribution in [0.5, 0.6) is 5.75 Å². The fraction of sp³-hybridized carbons (Fsp3) is 0.143. The molecule has 0 amide bonds. The zero-order chi connectivity index (χ0) is 14.0. The van der Waals surface area contributed by atoms with E-state index in [1.807, 2.05) is 0 Å². The number of aryl methyl sites for hydroxylation is 1. The van der Waals surface area contributed by atoms with Crippen LogP contribution < -0.4 is 10.5 Å². The van der Waals surface area contributed by atoms with Gasteiger partial charge in [-0.05, 0) is 30.7 Å². The molecule has 0 heterocycles. The van der Waals surface area contributed by atoms with E-state index in [2.05, 4.69) is 0 Å². The zero-order valence-corrected chi connectivity index (χ0v) is 11.0. The molecule has 0 aliphatic heterocycles. The Morgan fingerprint density at radius 1 is 1.21 bits per heavy atom. The minimum Gasteiger partial charge on any atom is -0.486 e. The van der Waals surface area contributed by atoms with Gasteiger partial charge in [-0.25, -0.2) is 8.78 Å². The molecule has 0 atom stereocenters. The number of hydrogen-bond acceptors (Lipinski definition) is 2. The first-order valence-electron chi connectivity index (χ1n) is 5.60. The van der Waals surface area contributed by atoms with Gasteiger partial charge >= 0.3 is 0 Å². The molecule has 0 unspecified atom stereocenters. The molecule has 0 aliphatic carbocycles. The van der Waals surface area contributed by atoms with Crippen LogP contribution in [0.25, 0.3) is 0 Å². The molecule has 0 aliphatic rings. The van der Waals surface area contributed by atoms with Crippen LogP contribution in [0.1, 0.15) is 11.1 Å². The van der Waals surface area contributed by atoms with Gasteiger partial charge in [-0.1, -0.05) is 17.7 Å². The summed E-state index contributed by atoms with van der Waals surface area (Å²) in [6.45, 7) is 1.59. The van der Waals surface area contributed by atoms with E-state index in [0.29, 0.717) is 11.3 Å². The highest BCUT2D eigenvalue weighted by atomic mass is 35.5. The number of rotatable bonds is 3. The van der Waals surface area contributed by atoms with Crippen LogP contribution in [0.3, 0.4) is 0 Å². The summed E-state index contributed by atoms with van der Waals surface area (Å²) in [6, 6.07) is 6.96. The maximum Gasteiger partial charge on any atom is 0.167 e. The molecule has 19 heavy (non-hydrogen) atoms. The van der Waals surface area contributed by atoms with Crippen molar-refractivity contribution >= 4 is 17.3 Å². The summed E-state index contributed by atoms with van der Waals surface area (Å²) in [5.41, 5.74) is 6.79. The molecule has 2 aromatic rings. The first kappa shape index (κ1) is 13.6. The summed E-state index contributed by atoms with van der Waals surface area (Å²) in [7, 11) is 0. The molecular formula is C14H12ClF2NO. The summed E-state index contributed by atoms with van der Waals surface area (Å²) in [5.74, 6) is -1.05. The van der Waals surface area contributed by atoms with E-state index in [0.717, 1.165) is 0 Å². The lowest BCUT2D eigenvalue weighted by Gasteiger charge is -2.11. The maximum absolute atomic E-state index is 13.6. The van der Waals surface area contributed by atoms with Crippen molar-refractivity contribution in [3.05, 3.63) is 58.1 Å². The number of hydrogen-bond donors (Lipinski definition) is 1. The number of halogens is 3. The molecule has 0 fully saturated rings. The Morgan fingerprint density at radius 3 is 2.63 bits per heavy atom. The number of benzene rings is 2. The zero-order valence-electron chi connectivity index (χ0n) is 10.2. The fourth-order valence-corrected chi connectivity index (χ4v) is 1.82. The van der Waals surface area contributed by atoms with Crippen molar-refractivity contribution in [1.29, 1.82) is 0 Å². The van der Waals surface area contributed by atoms with Crippen molar-refractivity contribution in [1.82, 2.24) is 0 Å². The number of anilines is 1. The molecule has 5 heteroatoms. The highest BCUT2D eigenvalue weighted by Gasteiger charge is 2.11. The topological polar surface area (TPSA) is 35.2 Å². The Morgan fingerprint density at radius 2 is 1.95 bits per heavy atom. The van der Waals surface area contributed by atoms with Crippen LogP contribution in [0.4, 0.5) is 14.5 Å². The molecule has 0 spiro atoms. The van der Waals surface area contributed by atoms with Gasteiger partial charge in [-0.2, -0.15) is 0 Å². The fourth-order valence-electron chi connectivity index (χ4n) is 1.60. The molecule has 0 aromatic heterocycles. The average molecular weight is 284 g/mol. The monoisotopic (exact) mass is 283 g/mol. The molecule has 0 saturated heterocycles. The molecule has 2 nitrogen and oxygen atoms in total. The Kier molecular flexibility index (Phi) is 3.90. The van der Waals surface area contributed by atoms with E-state index in [4.69, 9.17) is 22.1 Å². The van der Waals surface area contributed by atoms with Gasteiger partial charge in [0, 0.05) is 17.3 Å². The van der Waals surface area contributed by atoms with Gasteiger partial charge in [-0.15, -0.1) is 0 Å². The van der Waals surface area contributed by atoms with Crippen LogP contribution >= 0.6 is 11.6 Å². The van der Waals surface area contributed by atoms with Gasteiger partial charge in [0.1, 0.15) is 12.4 Å². The third-order valence-corrected chi connectivity index (χ3v) is 3.11. The lowest BCUT2D eigenvalue weighted by atomic mass is 10.2. The maximum atomic E-state index is 13.6. The summed E-state index contributed by atoms with van der Waals surface area (Å²) in [4.78, 5) is 0. The Hall–Kier alpha value is -1.81. The van der Waals surface area contributed by atoms with Crippen LogP contribution in [0.15, 0.2) is 30.3 Å². The third kappa shape index (κ3) is 2.96. The Bertz CT molecular complexity index is 596. The number of ether oxygens (including phenoxy) is 1. The average Bonchev–Trinajstić information content (AvgIpc) is 2.34. The molecule has 0 saturated carbocycles. The molecule has 2 N–H and O–H groups in total. The van der Waals surface area contributed by atoms with Crippen molar-refractivity contribution < 1.29 is 13.5 Å². The lowest BCUT2D eigenvalue weighted by molar-refractivity contribution is 0.285. The minimum atomic E-state index is -0.587. The summed E-state index contributed by atoms with van der Waals surface area (Å²) >= 11 is 5.86. The van der Waals surface area contributed by atoms with Crippen LogP contribution in [0.2, 0.25) is 5.02 Å². The summed E-state index contributed by atoms with van der Waals surface area (Å²) < 4.78 is 32.4. The van der Waals surface area contributed by atoms with E-state index >= 15 is 0 Å². The summed E-state index contributed by atoms with van der Waals surface area (Å²) in [5, 5.41) is 0.243. The molecule has 0 radical (unpaired) electrons. The van der Waals surface area contributed by atoms with Gasteiger partial charge in [0.2, 0.25) is 0 Å². The SMILES string of the molecule is Cc1cc(OCc2c(F)cccc2Cl)c(F)cc1N. The van der Waals surface area contributed by atoms with E-state index in [-0.39, 0.29) is 22.9 Å². The van der Waals surface area contributed by atoms with Crippen LogP contribution in [0, 0.1) is 18.6 Å². The number of nitrogen functional groups attached to an aromatic ring is 1. The second kappa shape index (κ2) is 5.45. The smallest absolute Gasteiger partial charge is 0.167 e. The first-order valence-corrected chi connectivity index (χ1v) is 5.98. The standard InChI is InChI=1S/C14H12ClF2NO/c1-8-5-14(12(17)6-13(8)18)19-7-9-10(15)3-2-4-11(9)16/h2-6H,7,18H2,1H3. The summed E-state index contributed by atoms with van der Waals surface area (Å²) in [6.07, 6.45) is 0. The second-order valence-corrected chi connectivity index (χ2v) is 4.54. The van der Waals surface area contributed by atoms with Crippen LogP contribution in [-0.2, 0) is 6.61 Å². The third-order valence-electron chi connectivity index (χ3n) is 2.75. The van der Waals surface area contributed by atoms with Crippen LogP contribution in [-0.4, -0.2) is 0 Å². The highest BCUT2D eigenvalue weighted by molar-refractivity contribution is 6.31. The van der Waals surface area contributed by atoms with Gasteiger partial charge in [-0.3, -0.25) is 0 Å². The van der Waals surface area contributed by atoms with Crippen molar-refractivity contribution in [2.45, 2.75) is 13.5 Å². The molecule has 2 aromatic carbocycles. The van der Waals surface area contributed by atoms with Gasteiger partial charge in [0.15, 0.2) is 11.6 Å². The van der Waals surface area contributed by atoms with E-state index in [1.165, 1.54) is 24.3 Å². The normalized spacial score (nSPS) is 10.5. The lowest BCUT2D eigenvalue weighted by Crippen LogP contribution is -2.02. The quantitative estimate of drug-likeness (QED) is 0.861. The number of nitrogens with two attached hydrogens (primary N) is 1. The van der Waals surface area contributed by atoms with Crippen molar-refractivity contribution in [2.75, 3.05) is 5.73 Å². The predicted molar refractivity (Wildman–Crippen MR) is 71.3 cm³/mol. The van der Waals surface area contributed by atoms with E-state index in [1.54, 1.807) is 13.0 Å². The van der Waals surface area contributed by atoms with E-state index in [9.17, 15) is 8.78 Å². The minimum absolute atomic E-state index is 0.0195. The largest absolute Gasteiger partial charge is 0.486 e. The molecular weight excluding hydrogens is 272 g/mol. The van der Waals surface area contributed by atoms with Gasteiger partial charge in [0.05, 0.1) is 5.02 Å². The van der Waals surface area contributed by atoms with E-state index < -0.39 is 11.6 Å². The van der Waals surface area contributed by atoms with Crippen molar-refractivity contribution in [2.24, 2.45) is 0 Å². The Balaban J connectivity index is 2.22. The first-order chi connectivity index (χ1) is 8.99. The van der Waals surface area contributed by atoms with Crippen molar-refractivity contribution in [3.8, 4) is 5.75 Å². The van der Waals surface area contributed by atoms with Gasteiger partial charge < -0.3 is 10.5 Å². The van der Waals surface area contributed by atoms with Gasteiger partial charge in [0.25, 0.3) is 0 Å². The highest BCUT2D eigenvalue weighted by Crippen LogP contribution is 2.26. The predicted octanol–water partition coefficient (Wildman–Crippen LogP) is 4.09. The second-order valence-electron chi connectivity index (χ2n) is 4.13. The molecule has 0 bridgehead atoms. The molecule has 100 valence electrons. The molecule has 2 rings (SSSR count).